The van der Waals surface area contributed by atoms with Gasteiger partial charge < -0.3 is 20.1 Å². The summed E-state index contributed by atoms with van der Waals surface area (Å²) < 4.78 is 10.2. The Morgan fingerprint density at radius 1 is 1.26 bits per heavy atom. The molecule has 5 nitrogen and oxygen atoms in total. The summed E-state index contributed by atoms with van der Waals surface area (Å²) in [5, 5.41) is 0. The molecule has 0 radical (unpaired) electrons. The van der Waals surface area contributed by atoms with E-state index >= 15 is 0 Å². The first-order valence-electron chi connectivity index (χ1n) is 7.86. The summed E-state index contributed by atoms with van der Waals surface area (Å²) in [6.07, 6.45) is 4.27. The highest BCUT2D eigenvalue weighted by Gasteiger charge is 2.29. The van der Waals surface area contributed by atoms with Gasteiger partial charge in [-0.25, -0.2) is 0 Å². The van der Waals surface area contributed by atoms with E-state index in [1.54, 1.807) is 14.2 Å². The first-order chi connectivity index (χ1) is 10.7. The van der Waals surface area contributed by atoms with Gasteiger partial charge in [-0.3, -0.25) is 4.79 Å². The molecule has 1 amide bonds. The van der Waals surface area contributed by atoms with Gasteiger partial charge in [0.25, 0.3) is 0 Å². The van der Waals surface area contributed by atoms with Crippen LogP contribution in [0.4, 0.5) is 0 Å². The fourth-order valence-electron chi connectivity index (χ4n) is 3.01. The predicted octanol–water partition coefficient (Wildman–Crippen LogP) is 2.53. The Bertz CT molecular complexity index is 481. The largest absolute Gasteiger partial charge is 0.497 e. The van der Waals surface area contributed by atoms with Crippen molar-refractivity contribution >= 4 is 18.3 Å². The molecule has 130 valence electrons. The van der Waals surface area contributed by atoms with Crippen LogP contribution in [0.15, 0.2) is 24.3 Å². The maximum atomic E-state index is 12.6. The van der Waals surface area contributed by atoms with Crippen LogP contribution in [0, 0.1) is 0 Å². The molecule has 1 aliphatic heterocycles. The normalized spacial score (nSPS) is 19.4. The summed E-state index contributed by atoms with van der Waals surface area (Å²) in [5.41, 5.74) is 7.10. The second-order valence-corrected chi connectivity index (χ2v) is 5.73. The van der Waals surface area contributed by atoms with Crippen molar-refractivity contribution in [3.8, 4) is 5.75 Å². The van der Waals surface area contributed by atoms with Gasteiger partial charge in [-0.2, -0.15) is 0 Å². The second kappa shape index (κ2) is 9.75. The minimum Gasteiger partial charge on any atom is -0.497 e. The smallest absolute Gasteiger partial charge is 0.242 e. The lowest BCUT2D eigenvalue weighted by atomic mass is 10.00. The molecule has 1 fully saturated rings. The Hall–Kier alpha value is -1.30. The van der Waals surface area contributed by atoms with E-state index in [-0.39, 0.29) is 31.0 Å². The quantitative estimate of drug-likeness (QED) is 0.893. The highest BCUT2D eigenvalue weighted by molar-refractivity contribution is 5.85. The van der Waals surface area contributed by atoms with Gasteiger partial charge in [0.05, 0.1) is 19.8 Å². The zero-order chi connectivity index (χ0) is 15.9. The molecule has 23 heavy (non-hydrogen) atoms. The maximum absolute atomic E-state index is 12.6. The van der Waals surface area contributed by atoms with Crippen molar-refractivity contribution in [3.05, 3.63) is 29.8 Å². The SMILES string of the molecule is COCC(N)C(=O)N1CCCCCC1c1ccc(OC)cc1.Cl. The number of likely N-dealkylation sites (tertiary alicyclic amines) is 1. The molecule has 0 saturated carbocycles. The summed E-state index contributed by atoms with van der Waals surface area (Å²) in [4.78, 5) is 14.6. The molecular formula is C17H27ClN2O3. The fourth-order valence-corrected chi connectivity index (χ4v) is 3.01. The standard InChI is InChI=1S/C17H26N2O3.ClH/c1-21-12-15(18)17(20)19-11-5-3-4-6-16(19)13-7-9-14(22-2)10-8-13;/h7-10,15-16H,3-6,11-12,18H2,1-2H3;1H. The van der Waals surface area contributed by atoms with E-state index in [1.807, 2.05) is 29.2 Å². The second-order valence-electron chi connectivity index (χ2n) is 5.73. The van der Waals surface area contributed by atoms with Gasteiger partial charge in [0.1, 0.15) is 11.8 Å². The van der Waals surface area contributed by atoms with Gasteiger partial charge >= 0.3 is 0 Å². The van der Waals surface area contributed by atoms with Crippen molar-refractivity contribution in [2.24, 2.45) is 5.73 Å². The van der Waals surface area contributed by atoms with Gasteiger partial charge in [-0.05, 0) is 30.5 Å². The van der Waals surface area contributed by atoms with Crippen LogP contribution >= 0.6 is 12.4 Å². The van der Waals surface area contributed by atoms with E-state index in [0.29, 0.717) is 0 Å². The van der Waals surface area contributed by atoms with Crippen LogP contribution in [0.5, 0.6) is 5.75 Å². The predicted molar refractivity (Wildman–Crippen MR) is 93.0 cm³/mol. The summed E-state index contributed by atoms with van der Waals surface area (Å²) >= 11 is 0. The number of ether oxygens (including phenoxy) is 2. The van der Waals surface area contributed by atoms with E-state index in [1.165, 1.54) is 0 Å². The van der Waals surface area contributed by atoms with E-state index in [4.69, 9.17) is 15.2 Å². The van der Waals surface area contributed by atoms with Gasteiger partial charge in [0, 0.05) is 13.7 Å². The van der Waals surface area contributed by atoms with Crippen molar-refractivity contribution in [2.75, 3.05) is 27.4 Å². The molecule has 1 saturated heterocycles. The highest BCUT2D eigenvalue weighted by Crippen LogP contribution is 2.31. The molecule has 2 rings (SSSR count). The Kier molecular flexibility index (Phi) is 8.37. The van der Waals surface area contributed by atoms with Crippen LogP contribution in [0.3, 0.4) is 0 Å². The zero-order valence-corrected chi connectivity index (χ0v) is 14.7. The number of hydrogen-bond acceptors (Lipinski definition) is 4. The van der Waals surface area contributed by atoms with E-state index < -0.39 is 6.04 Å². The number of nitrogens with zero attached hydrogens (tertiary/aromatic N) is 1. The molecule has 0 aromatic heterocycles. The number of carbonyl (C=O) groups excluding carboxylic acids is 1. The zero-order valence-electron chi connectivity index (χ0n) is 13.9. The van der Waals surface area contributed by atoms with Crippen LogP contribution in [0.25, 0.3) is 0 Å². The number of methoxy groups -OCH3 is 2. The number of rotatable bonds is 5. The molecule has 1 heterocycles. The topological polar surface area (TPSA) is 64.8 Å². The van der Waals surface area contributed by atoms with Crippen molar-refractivity contribution < 1.29 is 14.3 Å². The van der Waals surface area contributed by atoms with Crippen LogP contribution in [-0.4, -0.2) is 44.2 Å². The number of nitrogens with two attached hydrogens (primary N) is 1. The van der Waals surface area contributed by atoms with Crippen LogP contribution in [0.2, 0.25) is 0 Å². The maximum Gasteiger partial charge on any atom is 0.242 e. The highest BCUT2D eigenvalue weighted by atomic mass is 35.5. The van der Waals surface area contributed by atoms with Gasteiger partial charge in [0.15, 0.2) is 0 Å². The van der Waals surface area contributed by atoms with Crippen molar-refractivity contribution in [1.82, 2.24) is 4.90 Å². The number of halogens is 1. The lowest BCUT2D eigenvalue weighted by Crippen LogP contribution is -2.47. The Balaban J connectivity index is 0.00000264. The van der Waals surface area contributed by atoms with Crippen LogP contribution in [-0.2, 0) is 9.53 Å². The molecule has 1 aromatic carbocycles. The van der Waals surface area contributed by atoms with Crippen molar-refractivity contribution in [2.45, 2.75) is 37.8 Å². The van der Waals surface area contributed by atoms with Crippen LogP contribution in [0.1, 0.15) is 37.3 Å². The van der Waals surface area contributed by atoms with Crippen molar-refractivity contribution in [1.29, 1.82) is 0 Å². The van der Waals surface area contributed by atoms with E-state index in [9.17, 15) is 4.79 Å². The number of benzene rings is 1. The number of carbonyl (C=O) groups is 1. The molecule has 2 atom stereocenters. The first kappa shape index (κ1) is 19.7. The average molecular weight is 343 g/mol. The molecule has 6 heteroatoms. The Morgan fingerprint density at radius 2 is 1.96 bits per heavy atom. The summed E-state index contributed by atoms with van der Waals surface area (Å²) in [6.45, 7) is 1.01. The van der Waals surface area contributed by atoms with Crippen molar-refractivity contribution in [3.63, 3.8) is 0 Å². The Labute approximate surface area is 144 Å². The number of amides is 1. The minimum atomic E-state index is -0.594. The molecule has 0 aliphatic carbocycles. The lowest BCUT2D eigenvalue weighted by molar-refractivity contribution is -0.136. The summed E-state index contributed by atoms with van der Waals surface area (Å²) in [7, 11) is 3.22. The molecule has 1 aromatic rings. The minimum absolute atomic E-state index is 0. The summed E-state index contributed by atoms with van der Waals surface area (Å²) in [5.74, 6) is 0.802. The third kappa shape index (κ3) is 5.09. The molecule has 2 N–H and O–H groups in total. The third-order valence-corrected chi connectivity index (χ3v) is 4.20. The fraction of sp³-hybridized carbons (Fsp3) is 0.588. The summed E-state index contributed by atoms with van der Waals surface area (Å²) in [6, 6.07) is 7.46. The molecule has 2 unspecified atom stereocenters. The van der Waals surface area contributed by atoms with Gasteiger partial charge in [-0.15, -0.1) is 12.4 Å². The Morgan fingerprint density at radius 3 is 2.57 bits per heavy atom. The lowest BCUT2D eigenvalue weighted by Gasteiger charge is -2.32. The molecule has 0 spiro atoms. The van der Waals surface area contributed by atoms with E-state index in [0.717, 1.165) is 43.5 Å². The third-order valence-electron chi connectivity index (χ3n) is 4.20. The first-order valence-corrected chi connectivity index (χ1v) is 7.86. The number of hydrogen-bond donors (Lipinski definition) is 1. The van der Waals surface area contributed by atoms with Gasteiger partial charge in [-0.1, -0.05) is 25.0 Å². The molecule has 0 bridgehead atoms. The van der Waals surface area contributed by atoms with E-state index in [2.05, 4.69) is 0 Å². The van der Waals surface area contributed by atoms with Gasteiger partial charge in [0.2, 0.25) is 5.91 Å². The monoisotopic (exact) mass is 342 g/mol. The molecular weight excluding hydrogens is 316 g/mol. The molecule has 1 aliphatic rings. The average Bonchev–Trinajstić information content (AvgIpc) is 2.80. The van der Waals surface area contributed by atoms with Crippen LogP contribution < -0.4 is 10.5 Å².